The number of thiol groups is 2. The van der Waals surface area contributed by atoms with Gasteiger partial charge in [-0.3, -0.25) is 19.2 Å². The maximum absolute atomic E-state index is 12.6. The molecule has 2 aliphatic rings. The largest absolute Gasteiger partial charge is 0.481 e. The molecular formula is C33H42N4O6S2. The number of nitrogens with zero attached hydrogens (tertiary/aromatic N) is 1. The van der Waals surface area contributed by atoms with E-state index in [0.717, 1.165) is 38.9 Å². The summed E-state index contributed by atoms with van der Waals surface area (Å²) >= 11 is 9.08. The van der Waals surface area contributed by atoms with Crippen LogP contribution in [0.25, 0.3) is 12.2 Å². The van der Waals surface area contributed by atoms with E-state index >= 15 is 0 Å². The van der Waals surface area contributed by atoms with E-state index in [1.807, 2.05) is 53.7 Å². The number of rotatable bonds is 12. The van der Waals surface area contributed by atoms with E-state index < -0.39 is 11.9 Å². The summed E-state index contributed by atoms with van der Waals surface area (Å²) < 4.78 is 0. The van der Waals surface area contributed by atoms with Crippen molar-refractivity contribution in [3.8, 4) is 0 Å². The zero-order chi connectivity index (χ0) is 33.3. The third kappa shape index (κ3) is 7.33. The Labute approximate surface area is 273 Å². The van der Waals surface area contributed by atoms with Gasteiger partial charge in [0.15, 0.2) is 0 Å². The van der Waals surface area contributed by atoms with Crippen molar-refractivity contribution in [2.24, 2.45) is 16.8 Å². The number of hydrogen-bond donors (Lipinski definition) is 7. The lowest BCUT2D eigenvalue weighted by Crippen LogP contribution is -2.31. The van der Waals surface area contributed by atoms with Crippen LogP contribution in [0.5, 0.6) is 0 Å². The third-order valence-corrected chi connectivity index (χ3v) is 9.66. The number of amides is 2. The summed E-state index contributed by atoms with van der Waals surface area (Å²) in [7, 11) is 0. The number of carbonyl (C=O) groups excluding carboxylic acids is 2. The fourth-order valence-electron chi connectivity index (χ4n) is 6.54. The standard InChI is InChI=1S/C33H42N4O6S2/c1-14-20(7-9-28(38)39)25(34-22(14)11-24-16(3)31(19(6)45)33(43)36-24)13-26-21(8-10-29(40)41)15(2)23(35-26)12-27-30(18(5)44)17(4)32(42)37-27/h12-13,17-19,24,30,34-35,44-45H,7-11H2,1-6H3,(H,36,43)(H,38,39)(H,40,41)/b23-12-,26-13-/t17-,18+,19-,24-,30+/m1/s1. The smallest absolute Gasteiger partial charge is 0.303 e. The first-order valence-corrected chi connectivity index (χ1v) is 16.2. The van der Waals surface area contributed by atoms with Gasteiger partial charge < -0.3 is 25.5 Å². The molecule has 0 unspecified atom stereocenters. The molecule has 242 valence electrons. The zero-order valence-corrected chi connectivity index (χ0v) is 28.2. The molecule has 4 rings (SSSR count). The predicted molar refractivity (Wildman–Crippen MR) is 181 cm³/mol. The SMILES string of the molecule is CC1=C([C@@H](C)S)C(=O)N[C@@H]1Cc1[nH]c(/C=c2\[nH]/c(=C\C3=NC(=O)[C@H](C)[C@H]3[C@H](C)S)c(C)c2CCC(=O)O)c(CCC(=O)O)c1C. The summed E-state index contributed by atoms with van der Waals surface area (Å²) in [6.45, 7) is 11.4. The minimum absolute atomic E-state index is 0.0661. The molecule has 2 aromatic heterocycles. The molecule has 2 amide bonds. The fraction of sp³-hybridized carbons (Fsp3) is 0.485. The number of aromatic amines is 2. The van der Waals surface area contributed by atoms with Crippen molar-refractivity contribution in [3.63, 3.8) is 0 Å². The Bertz CT molecular complexity index is 1730. The van der Waals surface area contributed by atoms with Crippen molar-refractivity contribution in [3.05, 3.63) is 55.5 Å². The number of carboxylic acid groups (broad SMARTS) is 2. The zero-order valence-electron chi connectivity index (χ0n) is 26.4. The molecule has 5 N–H and O–H groups in total. The van der Waals surface area contributed by atoms with Gasteiger partial charge in [0.05, 0.1) is 11.8 Å². The van der Waals surface area contributed by atoms with E-state index in [1.165, 1.54) is 0 Å². The third-order valence-electron chi connectivity index (χ3n) is 9.08. The minimum atomic E-state index is -0.923. The van der Waals surface area contributed by atoms with Crippen LogP contribution in [0, 0.1) is 25.7 Å². The number of carbonyl (C=O) groups is 4. The Morgan fingerprint density at radius 3 is 2.11 bits per heavy atom. The molecule has 0 aromatic carbocycles. The summed E-state index contributed by atoms with van der Waals surface area (Å²) in [5.74, 6) is -2.61. The molecule has 5 atom stereocenters. The highest BCUT2D eigenvalue weighted by Gasteiger charge is 2.36. The van der Waals surface area contributed by atoms with E-state index in [4.69, 9.17) is 0 Å². The van der Waals surface area contributed by atoms with Gasteiger partial charge in [-0.1, -0.05) is 13.8 Å². The highest BCUT2D eigenvalue weighted by Crippen LogP contribution is 2.30. The van der Waals surface area contributed by atoms with Gasteiger partial charge in [0.1, 0.15) is 0 Å². The minimum Gasteiger partial charge on any atom is -0.481 e. The lowest BCUT2D eigenvalue weighted by Gasteiger charge is -2.18. The van der Waals surface area contributed by atoms with Crippen LogP contribution in [0.15, 0.2) is 16.1 Å². The van der Waals surface area contributed by atoms with E-state index in [1.54, 1.807) is 0 Å². The number of aliphatic imine (C=N–C) groups is 1. The molecule has 2 aliphatic heterocycles. The monoisotopic (exact) mass is 654 g/mol. The number of aromatic nitrogens is 2. The molecule has 0 saturated heterocycles. The van der Waals surface area contributed by atoms with Gasteiger partial charge in [0.25, 0.3) is 0 Å². The molecule has 0 bridgehead atoms. The highest BCUT2D eigenvalue weighted by molar-refractivity contribution is 7.81. The molecule has 2 aromatic rings. The molecule has 0 radical (unpaired) electrons. The first-order chi connectivity index (χ1) is 21.1. The summed E-state index contributed by atoms with van der Waals surface area (Å²) in [5.41, 5.74) is 7.23. The lowest BCUT2D eigenvalue weighted by molar-refractivity contribution is -0.138. The molecule has 0 saturated carbocycles. The Morgan fingerprint density at radius 2 is 1.56 bits per heavy atom. The van der Waals surface area contributed by atoms with E-state index in [0.29, 0.717) is 28.7 Å². The van der Waals surface area contributed by atoms with Crippen LogP contribution in [0.4, 0.5) is 0 Å². The first kappa shape index (κ1) is 34.4. The first-order valence-electron chi connectivity index (χ1n) is 15.2. The Hall–Kier alpha value is -3.51. The van der Waals surface area contributed by atoms with Crippen LogP contribution in [-0.2, 0) is 38.4 Å². The molecule has 10 nitrogen and oxygen atoms in total. The molecule has 0 aliphatic carbocycles. The summed E-state index contributed by atoms with van der Waals surface area (Å²) in [6, 6.07) is -0.223. The molecule has 4 heterocycles. The molecular weight excluding hydrogens is 613 g/mol. The fourth-order valence-corrected chi connectivity index (χ4v) is 7.27. The average molecular weight is 655 g/mol. The van der Waals surface area contributed by atoms with Crippen LogP contribution in [-0.4, -0.2) is 66.2 Å². The number of aliphatic carboxylic acids is 2. The van der Waals surface area contributed by atoms with Crippen molar-refractivity contribution < 1.29 is 29.4 Å². The molecule has 0 fully saturated rings. The predicted octanol–water partition coefficient (Wildman–Crippen LogP) is 2.83. The van der Waals surface area contributed by atoms with Crippen molar-refractivity contribution >= 4 is 66.9 Å². The Balaban J connectivity index is 1.85. The van der Waals surface area contributed by atoms with Gasteiger partial charge >= 0.3 is 11.9 Å². The maximum Gasteiger partial charge on any atom is 0.303 e. The normalized spacial score (nSPS) is 22.3. The van der Waals surface area contributed by atoms with Gasteiger partial charge in [-0.2, -0.15) is 25.3 Å². The van der Waals surface area contributed by atoms with Gasteiger partial charge in [-0.25, -0.2) is 4.99 Å². The quantitative estimate of drug-likeness (QED) is 0.174. The number of nitrogens with one attached hydrogen (secondary N) is 3. The number of H-pyrrole nitrogens is 2. The van der Waals surface area contributed by atoms with Crippen LogP contribution in [0.1, 0.15) is 74.2 Å². The topological polar surface area (TPSA) is 165 Å². The second-order valence-electron chi connectivity index (χ2n) is 12.2. The van der Waals surface area contributed by atoms with Crippen molar-refractivity contribution in [1.82, 2.24) is 15.3 Å². The summed E-state index contributed by atoms with van der Waals surface area (Å²) in [5, 5.41) is 23.1. The molecule has 12 heteroatoms. The van der Waals surface area contributed by atoms with Gasteiger partial charge in [-0.15, -0.1) is 0 Å². The van der Waals surface area contributed by atoms with Crippen LogP contribution >= 0.6 is 25.3 Å². The maximum atomic E-state index is 12.6. The second-order valence-corrected chi connectivity index (χ2v) is 13.8. The van der Waals surface area contributed by atoms with Crippen molar-refractivity contribution in [1.29, 1.82) is 0 Å². The Morgan fingerprint density at radius 1 is 0.933 bits per heavy atom. The molecule has 0 spiro atoms. The van der Waals surface area contributed by atoms with Crippen LogP contribution in [0.2, 0.25) is 0 Å². The second kappa shape index (κ2) is 13.9. The summed E-state index contributed by atoms with van der Waals surface area (Å²) in [4.78, 5) is 59.4. The van der Waals surface area contributed by atoms with Gasteiger partial charge in [0.2, 0.25) is 11.8 Å². The lowest BCUT2D eigenvalue weighted by atomic mass is 9.89. The summed E-state index contributed by atoms with van der Waals surface area (Å²) in [6.07, 6.45) is 4.65. The van der Waals surface area contributed by atoms with Crippen LogP contribution < -0.4 is 16.0 Å². The van der Waals surface area contributed by atoms with E-state index in [9.17, 15) is 29.4 Å². The average Bonchev–Trinajstić information content (AvgIpc) is 3.59. The van der Waals surface area contributed by atoms with Gasteiger partial charge in [0, 0.05) is 69.3 Å². The van der Waals surface area contributed by atoms with E-state index in [2.05, 4.69) is 45.5 Å². The Kier molecular flexibility index (Phi) is 10.6. The number of hydrogen-bond acceptors (Lipinski definition) is 6. The van der Waals surface area contributed by atoms with Crippen molar-refractivity contribution in [2.75, 3.05) is 0 Å². The highest BCUT2D eigenvalue weighted by atomic mass is 32.1. The van der Waals surface area contributed by atoms with Crippen LogP contribution in [0.3, 0.4) is 0 Å². The van der Waals surface area contributed by atoms with E-state index in [-0.39, 0.29) is 65.9 Å². The van der Waals surface area contributed by atoms with Gasteiger partial charge in [-0.05, 0) is 80.5 Å². The number of carboxylic acids is 2. The van der Waals surface area contributed by atoms with Crippen molar-refractivity contribution in [2.45, 2.75) is 90.2 Å². The molecule has 45 heavy (non-hydrogen) atoms.